The second-order valence-electron chi connectivity index (χ2n) is 11.3. The maximum absolute atomic E-state index is 14.0. The minimum Gasteiger partial charge on any atom is -0.354 e. The Kier molecular flexibility index (Phi) is 7.47. The van der Waals surface area contributed by atoms with Crippen molar-refractivity contribution >= 4 is 50.5 Å². The van der Waals surface area contributed by atoms with Crippen molar-refractivity contribution in [1.29, 1.82) is 0 Å². The van der Waals surface area contributed by atoms with Crippen LogP contribution in [-0.2, 0) is 10.0 Å². The van der Waals surface area contributed by atoms with Crippen LogP contribution in [-0.4, -0.2) is 104 Å². The fourth-order valence-electron chi connectivity index (χ4n) is 5.87. The van der Waals surface area contributed by atoms with Gasteiger partial charge >= 0.3 is 0 Å². The number of likely N-dealkylation sites (tertiary alicyclic amines) is 1. The highest BCUT2D eigenvalue weighted by molar-refractivity contribution is 7.92. The molecule has 0 saturated carbocycles. The van der Waals surface area contributed by atoms with E-state index in [1.54, 1.807) is 11.0 Å². The molecule has 1 atom stereocenters. The van der Waals surface area contributed by atoms with Crippen LogP contribution < -0.4 is 20.3 Å². The zero-order valence-corrected chi connectivity index (χ0v) is 24.9. The number of amides is 1. The Hall–Kier alpha value is -3.13. The van der Waals surface area contributed by atoms with Crippen molar-refractivity contribution in [2.24, 2.45) is 5.73 Å². The number of hydrogen-bond acceptors (Lipinski definition) is 9. The van der Waals surface area contributed by atoms with Gasteiger partial charge in [-0.2, -0.15) is 9.61 Å². The van der Waals surface area contributed by atoms with Gasteiger partial charge < -0.3 is 25.3 Å². The third kappa shape index (κ3) is 5.81. The summed E-state index contributed by atoms with van der Waals surface area (Å²) in [6.07, 6.45) is 3.59. The van der Waals surface area contributed by atoms with Gasteiger partial charge in [0.15, 0.2) is 5.65 Å². The molecule has 0 aliphatic carbocycles. The van der Waals surface area contributed by atoms with Crippen molar-refractivity contribution in [3.05, 3.63) is 46.6 Å². The van der Waals surface area contributed by atoms with Crippen LogP contribution in [0.1, 0.15) is 41.4 Å². The van der Waals surface area contributed by atoms with E-state index in [2.05, 4.69) is 32.5 Å². The number of sulfonamides is 1. The molecule has 6 rings (SSSR count). The van der Waals surface area contributed by atoms with Crippen molar-refractivity contribution in [3.8, 4) is 0 Å². The number of piperidine rings is 1. The zero-order valence-electron chi connectivity index (χ0n) is 23.3. The second-order valence-corrected chi connectivity index (χ2v) is 13.5. The molecule has 0 radical (unpaired) electrons. The fourth-order valence-corrected chi connectivity index (χ4v) is 6.62. The first-order valence-corrected chi connectivity index (χ1v) is 16.3. The standard InChI is InChI=1S/C27H36ClN9O3S/c1-33-9-11-34(12-10-33)26-15-24(35-16-19(29)17-35)30-25-14-22(31-37(25)26)23-5-3-4-8-36(23)27(38)20-13-18(28)6-7-21(20)32-41(2,39)40/h6-7,13-15,19,23,32H,3-5,8-12,16-17,29H2,1-2H3/t23-/m0/s1. The van der Waals surface area contributed by atoms with E-state index in [9.17, 15) is 13.2 Å². The van der Waals surface area contributed by atoms with Crippen LogP contribution in [0, 0.1) is 0 Å². The van der Waals surface area contributed by atoms with E-state index in [0.29, 0.717) is 11.6 Å². The Bertz CT molecular complexity index is 1570. The molecular formula is C27H36ClN9O3S. The van der Waals surface area contributed by atoms with Gasteiger partial charge in [0.1, 0.15) is 11.6 Å². The Labute approximate surface area is 245 Å². The lowest BCUT2D eigenvalue weighted by Gasteiger charge is -2.39. The number of carbonyl (C=O) groups is 1. The molecule has 14 heteroatoms. The van der Waals surface area contributed by atoms with Gasteiger partial charge in [0.2, 0.25) is 10.0 Å². The lowest BCUT2D eigenvalue weighted by Crippen LogP contribution is -2.56. The van der Waals surface area contributed by atoms with E-state index in [-0.39, 0.29) is 29.2 Å². The van der Waals surface area contributed by atoms with Gasteiger partial charge in [0.25, 0.3) is 5.91 Å². The van der Waals surface area contributed by atoms with Crippen LogP contribution in [0.4, 0.5) is 17.3 Å². The summed E-state index contributed by atoms with van der Waals surface area (Å²) in [5, 5.41) is 5.39. The zero-order chi connectivity index (χ0) is 28.9. The second kappa shape index (κ2) is 10.9. The molecule has 0 spiro atoms. The van der Waals surface area contributed by atoms with Gasteiger partial charge in [0.05, 0.1) is 29.2 Å². The monoisotopic (exact) mass is 601 g/mol. The van der Waals surface area contributed by atoms with Crippen molar-refractivity contribution in [2.75, 3.05) is 73.6 Å². The summed E-state index contributed by atoms with van der Waals surface area (Å²) >= 11 is 6.25. The predicted octanol–water partition coefficient (Wildman–Crippen LogP) is 2.02. The molecule has 1 aromatic carbocycles. The van der Waals surface area contributed by atoms with Gasteiger partial charge in [-0.05, 0) is 44.5 Å². The van der Waals surface area contributed by atoms with Crippen molar-refractivity contribution in [2.45, 2.75) is 31.3 Å². The topological polar surface area (TPSA) is 132 Å². The summed E-state index contributed by atoms with van der Waals surface area (Å²) in [6, 6.07) is 8.54. The highest BCUT2D eigenvalue weighted by atomic mass is 35.5. The number of rotatable bonds is 6. The number of hydrogen-bond donors (Lipinski definition) is 2. The number of aromatic nitrogens is 3. The molecule has 12 nitrogen and oxygen atoms in total. The largest absolute Gasteiger partial charge is 0.354 e. The first-order chi connectivity index (χ1) is 19.6. The Morgan fingerprint density at radius 2 is 1.80 bits per heavy atom. The van der Waals surface area contributed by atoms with Crippen LogP contribution in [0.15, 0.2) is 30.3 Å². The van der Waals surface area contributed by atoms with E-state index in [0.717, 1.165) is 87.8 Å². The fraction of sp³-hybridized carbons (Fsp3) is 0.519. The molecule has 0 unspecified atom stereocenters. The summed E-state index contributed by atoms with van der Waals surface area (Å²) in [7, 11) is -1.47. The van der Waals surface area contributed by atoms with Gasteiger partial charge in [-0.1, -0.05) is 11.6 Å². The molecule has 2 aromatic heterocycles. The molecule has 3 fully saturated rings. The third-order valence-electron chi connectivity index (χ3n) is 8.09. The molecule has 41 heavy (non-hydrogen) atoms. The van der Waals surface area contributed by atoms with E-state index >= 15 is 0 Å². The molecule has 3 aliphatic heterocycles. The summed E-state index contributed by atoms with van der Waals surface area (Å²) in [4.78, 5) is 27.5. The van der Waals surface area contributed by atoms with Crippen LogP contribution in [0.3, 0.4) is 0 Å². The summed E-state index contributed by atoms with van der Waals surface area (Å²) in [5.41, 5.74) is 7.99. The summed E-state index contributed by atoms with van der Waals surface area (Å²) in [6.45, 7) is 5.72. The smallest absolute Gasteiger partial charge is 0.256 e. The minimum atomic E-state index is -3.60. The van der Waals surface area contributed by atoms with Gasteiger partial charge in [0, 0.05) is 69.0 Å². The van der Waals surface area contributed by atoms with Crippen LogP contribution in [0.5, 0.6) is 0 Å². The maximum Gasteiger partial charge on any atom is 0.256 e. The average molecular weight is 602 g/mol. The Morgan fingerprint density at radius 1 is 1.05 bits per heavy atom. The number of nitrogens with zero attached hydrogens (tertiary/aromatic N) is 7. The molecule has 3 aromatic rings. The number of nitrogens with two attached hydrogens (primary N) is 1. The van der Waals surface area contributed by atoms with Gasteiger partial charge in [-0.25, -0.2) is 13.4 Å². The predicted molar refractivity (Wildman–Crippen MR) is 160 cm³/mol. The number of carbonyl (C=O) groups excluding carboxylic acids is 1. The quantitative estimate of drug-likeness (QED) is 0.435. The normalized spacial score (nSPS) is 20.9. The van der Waals surface area contributed by atoms with Crippen LogP contribution >= 0.6 is 11.6 Å². The lowest BCUT2D eigenvalue weighted by atomic mass is 9.98. The molecular weight excluding hydrogens is 566 g/mol. The molecule has 220 valence electrons. The third-order valence-corrected chi connectivity index (χ3v) is 8.91. The average Bonchev–Trinajstić information content (AvgIpc) is 3.35. The molecule has 3 aliphatic rings. The number of benzene rings is 1. The highest BCUT2D eigenvalue weighted by Gasteiger charge is 2.33. The van der Waals surface area contributed by atoms with Crippen molar-refractivity contribution in [3.63, 3.8) is 0 Å². The number of anilines is 3. The number of likely N-dealkylation sites (N-methyl/N-ethyl adjacent to an activating group) is 1. The molecule has 0 bridgehead atoms. The van der Waals surface area contributed by atoms with E-state index in [1.165, 1.54) is 12.1 Å². The molecule has 3 saturated heterocycles. The van der Waals surface area contributed by atoms with Crippen LogP contribution in [0.25, 0.3) is 5.65 Å². The highest BCUT2D eigenvalue weighted by Crippen LogP contribution is 2.35. The molecule has 3 N–H and O–H groups in total. The van der Waals surface area contributed by atoms with E-state index in [4.69, 9.17) is 27.4 Å². The number of nitrogens with one attached hydrogen (secondary N) is 1. The van der Waals surface area contributed by atoms with E-state index < -0.39 is 10.0 Å². The number of fused-ring (bicyclic) bond motifs is 1. The first-order valence-electron chi connectivity index (χ1n) is 14.0. The van der Waals surface area contributed by atoms with E-state index in [1.807, 2.05) is 10.6 Å². The van der Waals surface area contributed by atoms with Gasteiger partial charge in [-0.3, -0.25) is 9.52 Å². The molecule has 5 heterocycles. The summed E-state index contributed by atoms with van der Waals surface area (Å²) in [5.74, 6) is 1.57. The first kappa shape index (κ1) is 28.0. The van der Waals surface area contributed by atoms with Crippen molar-refractivity contribution in [1.82, 2.24) is 24.4 Å². The number of halogens is 1. The maximum atomic E-state index is 14.0. The number of piperazine rings is 1. The SMILES string of the molecule is CN1CCN(c2cc(N3CC(N)C3)nc3cc([C@@H]4CCCCN4C(=O)c4cc(Cl)ccc4NS(C)(=O)=O)nn23)CC1. The molecule has 1 amide bonds. The summed E-state index contributed by atoms with van der Waals surface area (Å²) < 4.78 is 28.4. The van der Waals surface area contributed by atoms with Crippen molar-refractivity contribution < 1.29 is 13.2 Å². The van der Waals surface area contributed by atoms with Gasteiger partial charge in [-0.15, -0.1) is 0 Å². The Balaban J connectivity index is 1.38. The minimum absolute atomic E-state index is 0.149. The Morgan fingerprint density at radius 3 is 2.51 bits per heavy atom. The lowest BCUT2D eigenvalue weighted by molar-refractivity contribution is 0.0607. The van der Waals surface area contributed by atoms with Crippen LogP contribution in [0.2, 0.25) is 5.02 Å².